The molecule has 32 heavy (non-hydrogen) atoms. The van der Waals surface area contributed by atoms with Crippen molar-refractivity contribution in [3.05, 3.63) is 93.9 Å². The highest BCUT2D eigenvalue weighted by Gasteiger charge is 2.26. The van der Waals surface area contributed by atoms with Crippen molar-refractivity contribution in [2.45, 2.75) is 18.8 Å². The molecule has 4 rings (SSSR count). The fourth-order valence-corrected chi connectivity index (χ4v) is 3.82. The van der Waals surface area contributed by atoms with Crippen molar-refractivity contribution < 1.29 is 14.0 Å². The molecule has 1 N–H and O–H groups in total. The van der Waals surface area contributed by atoms with E-state index in [1.165, 1.54) is 41.1 Å². The molecule has 2 amide bonds. The molecule has 3 aromatic rings. The number of rotatable bonds is 4. The second-order valence-electron chi connectivity index (χ2n) is 7.89. The van der Waals surface area contributed by atoms with E-state index in [2.05, 4.69) is 10.3 Å². The quantitative estimate of drug-likeness (QED) is 0.684. The van der Waals surface area contributed by atoms with E-state index in [0.29, 0.717) is 29.9 Å². The van der Waals surface area contributed by atoms with E-state index in [0.717, 1.165) is 18.5 Å². The lowest BCUT2D eigenvalue weighted by Crippen LogP contribution is -2.39. The second-order valence-corrected chi connectivity index (χ2v) is 7.89. The number of hydrogen-bond donors (Lipinski definition) is 1. The van der Waals surface area contributed by atoms with Crippen molar-refractivity contribution in [2.75, 3.05) is 18.4 Å². The van der Waals surface area contributed by atoms with Crippen molar-refractivity contribution in [1.29, 1.82) is 0 Å². The molecule has 7 nitrogen and oxygen atoms in total. The normalized spacial score (nSPS) is 15.9. The van der Waals surface area contributed by atoms with Crippen molar-refractivity contribution >= 4 is 17.5 Å². The predicted molar refractivity (Wildman–Crippen MR) is 118 cm³/mol. The average Bonchev–Trinajstić information content (AvgIpc) is 2.82. The fraction of sp³-hybridized carbons (Fsp3) is 0.250. The van der Waals surface area contributed by atoms with Crippen molar-refractivity contribution in [2.24, 2.45) is 7.05 Å². The van der Waals surface area contributed by atoms with Crippen LogP contribution in [0, 0.1) is 5.82 Å². The van der Waals surface area contributed by atoms with Gasteiger partial charge in [0.2, 0.25) is 5.56 Å². The number of aryl methyl sites for hydroxylation is 1. The third kappa shape index (κ3) is 4.74. The van der Waals surface area contributed by atoms with Crippen LogP contribution in [-0.4, -0.2) is 39.4 Å². The minimum absolute atomic E-state index is 0.0643. The molecule has 1 saturated heterocycles. The van der Waals surface area contributed by atoms with Crippen LogP contribution in [0.1, 0.15) is 45.2 Å². The average molecular weight is 434 g/mol. The maximum atomic E-state index is 13.0. The molecular formula is C24H23FN4O3. The van der Waals surface area contributed by atoms with Crippen LogP contribution in [0.3, 0.4) is 0 Å². The molecular weight excluding hydrogens is 411 g/mol. The topological polar surface area (TPSA) is 84.3 Å². The zero-order chi connectivity index (χ0) is 22.7. The lowest BCUT2D eigenvalue weighted by Gasteiger charge is -2.32. The lowest BCUT2D eigenvalue weighted by molar-refractivity contribution is 0.0705. The SMILES string of the molecule is Cn1cc(C(=O)N2CCC[C@@H](c3ccc(C(=O)Nc4ccc(F)cc4)cn3)C2)ccc1=O. The molecule has 1 atom stereocenters. The maximum absolute atomic E-state index is 13.0. The van der Waals surface area contributed by atoms with Gasteiger partial charge in [-0.3, -0.25) is 19.4 Å². The molecule has 1 aliphatic rings. The molecule has 8 heteroatoms. The molecule has 0 radical (unpaired) electrons. The summed E-state index contributed by atoms with van der Waals surface area (Å²) < 4.78 is 14.4. The number of amides is 2. The molecule has 0 bridgehead atoms. The van der Waals surface area contributed by atoms with Crippen LogP contribution in [0.5, 0.6) is 0 Å². The summed E-state index contributed by atoms with van der Waals surface area (Å²) in [5.41, 5.74) is 2.04. The van der Waals surface area contributed by atoms with Gasteiger partial charge in [-0.1, -0.05) is 0 Å². The standard InChI is InChI=1S/C24H23FN4O3/c1-28-14-18(5-11-22(28)30)24(32)29-12-2-3-17(15-29)21-10-4-16(13-26-21)23(31)27-20-8-6-19(25)7-9-20/h4-11,13-14,17H,2-3,12,15H2,1H3,(H,27,31)/t17-/m1/s1. The highest BCUT2D eigenvalue weighted by Crippen LogP contribution is 2.26. The first-order valence-electron chi connectivity index (χ1n) is 10.4. The van der Waals surface area contributed by atoms with Crippen molar-refractivity contribution in [1.82, 2.24) is 14.5 Å². The summed E-state index contributed by atoms with van der Waals surface area (Å²) in [6.07, 6.45) is 4.81. The van der Waals surface area contributed by atoms with Gasteiger partial charge < -0.3 is 14.8 Å². The Balaban J connectivity index is 1.42. The predicted octanol–water partition coefficient (Wildman–Crippen LogP) is 3.19. The van der Waals surface area contributed by atoms with Gasteiger partial charge in [0.25, 0.3) is 11.8 Å². The van der Waals surface area contributed by atoms with E-state index < -0.39 is 0 Å². The van der Waals surface area contributed by atoms with Gasteiger partial charge in [-0.05, 0) is 55.3 Å². The Bertz CT molecular complexity index is 1190. The Morgan fingerprint density at radius 3 is 2.50 bits per heavy atom. The van der Waals surface area contributed by atoms with Crippen LogP contribution < -0.4 is 10.9 Å². The van der Waals surface area contributed by atoms with Gasteiger partial charge in [0.05, 0.1) is 11.1 Å². The number of benzene rings is 1. The molecule has 3 heterocycles. The third-order valence-electron chi connectivity index (χ3n) is 5.61. The maximum Gasteiger partial charge on any atom is 0.257 e. The number of pyridine rings is 2. The molecule has 0 aliphatic carbocycles. The first-order valence-corrected chi connectivity index (χ1v) is 10.4. The van der Waals surface area contributed by atoms with Crippen LogP contribution in [0.2, 0.25) is 0 Å². The number of nitrogens with one attached hydrogen (secondary N) is 1. The summed E-state index contributed by atoms with van der Waals surface area (Å²) in [5.74, 6) is -0.744. The molecule has 0 saturated carbocycles. The first kappa shape index (κ1) is 21.4. The minimum Gasteiger partial charge on any atom is -0.338 e. The van der Waals surface area contributed by atoms with Gasteiger partial charge in [0.15, 0.2) is 0 Å². The van der Waals surface area contributed by atoms with Gasteiger partial charge in [0, 0.05) is 55.9 Å². The highest BCUT2D eigenvalue weighted by molar-refractivity contribution is 6.04. The van der Waals surface area contributed by atoms with Crippen molar-refractivity contribution in [3.8, 4) is 0 Å². The molecule has 2 aromatic heterocycles. The molecule has 0 unspecified atom stereocenters. The summed E-state index contributed by atoms with van der Waals surface area (Å²) in [7, 11) is 1.62. The summed E-state index contributed by atoms with van der Waals surface area (Å²) in [5, 5.41) is 2.71. The smallest absolute Gasteiger partial charge is 0.257 e. The van der Waals surface area contributed by atoms with Gasteiger partial charge >= 0.3 is 0 Å². The van der Waals surface area contributed by atoms with Crippen LogP contribution in [0.4, 0.5) is 10.1 Å². The molecule has 1 aliphatic heterocycles. The van der Waals surface area contributed by atoms with Crippen LogP contribution in [0.25, 0.3) is 0 Å². The second kappa shape index (κ2) is 9.13. The largest absolute Gasteiger partial charge is 0.338 e. The third-order valence-corrected chi connectivity index (χ3v) is 5.61. The Morgan fingerprint density at radius 1 is 1.06 bits per heavy atom. The highest BCUT2D eigenvalue weighted by atomic mass is 19.1. The summed E-state index contributed by atoms with van der Waals surface area (Å²) in [4.78, 5) is 43.1. The van der Waals surface area contributed by atoms with Crippen LogP contribution in [-0.2, 0) is 7.05 Å². The molecule has 0 spiro atoms. The zero-order valence-electron chi connectivity index (χ0n) is 17.6. The number of hydrogen-bond acceptors (Lipinski definition) is 4. The van der Waals surface area contributed by atoms with E-state index in [-0.39, 0.29) is 29.1 Å². The number of halogens is 1. The number of carbonyl (C=O) groups excluding carboxylic acids is 2. The van der Waals surface area contributed by atoms with E-state index in [1.807, 2.05) is 6.07 Å². The fourth-order valence-electron chi connectivity index (χ4n) is 3.82. The molecule has 1 fully saturated rings. The summed E-state index contributed by atoms with van der Waals surface area (Å²) >= 11 is 0. The summed E-state index contributed by atoms with van der Waals surface area (Å²) in [6, 6.07) is 12.0. The Morgan fingerprint density at radius 2 is 1.81 bits per heavy atom. The number of anilines is 1. The number of piperidine rings is 1. The Labute approximate surface area is 184 Å². The Kier molecular flexibility index (Phi) is 6.11. The van der Waals surface area contributed by atoms with E-state index >= 15 is 0 Å². The first-order chi connectivity index (χ1) is 15.4. The van der Waals surface area contributed by atoms with E-state index in [9.17, 15) is 18.8 Å². The lowest BCUT2D eigenvalue weighted by atomic mass is 9.93. The van der Waals surface area contributed by atoms with Crippen LogP contribution >= 0.6 is 0 Å². The Hall–Kier alpha value is -3.81. The van der Waals surface area contributed by atoms with Gasteiger partial charge in [-0.25, -0.2) is 4.39 Å². The number of likely N-dealkylation sites (tertiary alicyclic amines) is 1. The number of carbonyl (C=O) groups is 2. The van der Waals surface area contributed by atoms with Gasteiger partial charge in [-0.15, -0.1) is 0 Å². The minimum atomic E-state index is -0.370. The van der Waals surface area contributed by atoms with Crippen molar-refractivity contribution in [3.63, 3.8) is 0 Å². The van der Waals surface area contributed by atoms with Gasteiger partial charge in [-0.2, -0.15) is 0 Å². The van der Waals surface area contributed by atoms with Gasteiger partial charge in [0.1, 0.15) is 5.82 Å². The van der Waals surface area contributed by atoms with Crippen LogP contribution in [0.15, 0.2) is 65.7 Å². The molecule has 164 valence electrons. The zero-order valence-corrected chi connectivity index (χ0v) is 17.6. The number of nitrogens with zero attached hydrogens (tertiary/aromatic N) is 3. The number of aromatic nitrogens is 2. The van der Waals surface area contributed by atoms with E-state index in [1.54, 1.807) is 30.3 Å². The summed E-state index contributed by atoms with van der Waals surface area (Å²) in [6.45, 7) is 1.17. The molecule has 1 aromatic carbocycles. The monoisotopic (exact) mass is 434 g/mol. The van der Waals surface area contributed by atoms with E-state index in [4.69, 9.17) is 0 Å².